The maximum absolute atomic E-state index is 13.1. The molecule has 98 heavy (non-hydrogen) atoms. The standard InChI is InChI=1S/C79H150O17P2/c1-7-9-11-13-15-17-19-21-23-25-29-33-37-43-49-55-61-76(81)89-67-74(95-78(83)64-58-52-45-39-35-31-27-26-28-32-36-41-47-53-59-71(3)4)69-93-97(85,86)91-65-73(80)66-92-98(87,88)94-70-75(68-90-77(82)62-56-50-46-40-42-48-54-60-72(5)6)96-79(84)63-57-51-44-38-34-30-24-22-20-18-16-14-12-10-8-2/h18,20,22,24,71-75,80H,7-17,19,21,23,25-70H2,1-6H3,(H,85,86)(H,87,88)/b20-18-,24-22-/t73-,74-,75-/m1/s1. The monoisotopic (exact) mass is 1430 g/mol. The van der Waals surface area contributed by atoms with Crippen molar-refractivity contribution < 1.29 is 80.2 Å². The van der Waals surface area contributed by atoms with Crippen molar-refractivity contribution in [1.82, 2.24) is 0 Å². The van der Waals surface area contributed by atoms with Gasteiger partial charge in [0.2, 0.25) is 0 Å². The molecule has 0 aromatic carbocycles. The molecule has 0 spiro atoms. The van der Waals surface area contributed by atoms with E-state index in [0.717, 1.165) is 115 Å². The van der Waals surface area contributed by atoms with Crippen molar-refractivity contribution in [2.24, 2.45) is 11.8 Å². The molecule has 0 saturated heterocycles. The first kappa shape index (κ1) is 95.5. The van der Waals surface area contributed by atoms with Crippen LogP contribution in [0, 0.1) is 11.8 Å². The van der Waals surface area contributed by atoms with Crippen molar-refractivity contribution in [2.45, 2.75) is 407 Å². The van der Waals surface area contributed by atoms with Gasteiger partial charge < -0.3 is 33.8 Å². The van der Waals surface area contributed by atoms with Crippen molar-refractivity contribution >= 4 is 39.5 Å². The third kappa shape index (κ3) is 71.9. The van der Waals surface area contributed by atoms with Gasteiger partial charge in [-0.25, -0.2) is 9.13 Å². The molecule has 17 nitrogen and oxygen atoms in total. The summed E-state index contributed by atoms with van der Waals surface area (Å²) in [7, 11) is -9.93. The van der Waals surface area contributed by atoms with Crippen LogP contribution in [0.25, 0.3) is 0 Å². The molecule has 0 aromatic rings. The van der Waals surface area contributed by atoms with Crippen molar-refractivity contribution in [2.75, 3.05) is 39.6 Å². The number of carbonyl (C=O) groups excluding carboxylic acids is 4. The number of phosphoric ester groups is 2. The van der Waals surface area contributed by atoms with E-state index in [1.165, 1.54) is 186 Å². The number of allylic oxidation sites excluding steroid dienone is 4. The molecule has 0 amide bonds. The van der Waals surface area contributed by atoms with Gasteiger partial charge in [0, 0.05) is 25.7 Å². The van der Waals surface area contributed by atoms with Gasteiger partial charge >= 0.3 is 39.5 Å². The maximum Gasteiger partial charge on any atom is 0.472 e. The number of carbonyl (C=O) groups is 4. The summed E-state index contributed by atoms with van der Waals surface area (Å²) in [6, 6.07) is 0. The summed E-state index contributed by atoms with van der Waals surface area (Å²) in [5, 5.41) is 10.6. The van der Waals surface area contributed by atoms with Gasteiger partial charge in [-0.05, 0) is 63.2 Å². The van der Waals surface area contributed by atoms with E-state index < -0.39 is 97.5 Å². The third-order valence-corrected chi connectivity index (χ3v) is 19.7. The maximum atomic E-state index is 13.1. The van der Waals surface area contributed by atoms with Gasteiger partial charge in [-0.15, -0.1) is 0 Å². The van der Waals surface area contributed by atoms with Crippen LogP contribution in [0.1, 0.15) is 388 Å². The van der Waals surface area contributed by atoms with E-state index in [1.807, 2.05) is 0 Å². The second kappa shape index (κ2) is 70.2. The lowest BCUT2D eigenvalue weighted by Gasteiger charge is -2.21. The minimum atomic E-state index is -4.97. The van der Waals surface area contributed by atoms with Crippen LogP contribution in [0.4, 0.5) is 0 Å². The van der Waals surface area contributed by atoms with Gasteiger partial charge in [-0.1, -0.05) is 336 Å². The fourth-order valence-corrected chi connectivity index (χ4v) is 13.2. The molecule has 0 saturated carbocycles. The molecule has 0 heterocycles. The zero-order chi connectivity index (χ0) is 72.1. The van der Waals surface area contributed by atoms with Gasteiger partial charge in [0.25, 0.3) is 0 Å². The van der Waals surface area contributed by atoms with Crippen LogP contribution >= 0.6 is 15.6 Å². The summed E-state index contributed by atoms with van der Waals surface area (Å²) in [5.41, 5.74) is 0. The number of hydrogen-bond donors (Lipinski definition) is 3. The van der Waals surface area contributed by atoms with Crippen LogP contribution in [0.3, 0.4) is 0 Å². The van der Waals surface area contributed by atoms with E-state index in [4.69, 9.17) is 37.0 Å². The van der Waals surface area contributed by atoms with Gasteiger partial charge in [0.1, 0.15) is 19.3 Å². The van der Waals surface area contributed by atoms with Crippen molar-refractivity contribution in [3.63, 3.8) is 0 Å². The molecular weight excluding hydrogens is 1280 g/mol. The Kier molecular flexibility index (Phi) is 68.5. The van der Waals surface area contributed by atoms with Gasteiger partial charge in [-0.3, -0.25) is 37.3 Å². The SMILES string of the molecule is CCCCCC/C=C\C=C/CCCCCCCC(=O)O[C@H](COC(=O)CCCCCCCCCC(C)C)COP(=O)(O)OC[C@H](O)COP(=O)(O)OC[C@@H](COC(=O)CCCCCCCCCCCCCCCCCC)OC(=O)CCCCCCCCCCCCCCCCC(C)C. The number of aliphatic hydroxyl groups excluding tert-OH is 1. The smallest absolute Gasteiger partial charge is 0.462 e. The van der Waals surface area contributed by atoms with E-state index in [2.05, 4.69) is 65.8 Å². The molecule has 2 unspecified atom stereocenters. The van der Waals surface area contributed by atoms with Gasteiger partial charge in [0.05, 0.1) is 26.4 Å². The highest BCUT2D eigenvalue weighted by molar-refractivity contribution is 7.47. The zero-order valence-corrected chi connectivity index (χ0v) is 65.4. The number of aliphatic hydroxyl groups is 1. The molecule has 0 fully saturated rings. The molecular formula is C79H150O17P2. The fourth-order valence-electron chi connectivity index (χ4n) is 11.6. The number of phosphoric acid groups is 2. The van der Waals surface area contributed by atoms with Crippen LogP contribution in [0.2, 0.25) is 0 Å². The fraction of sp³-hybridized carbons (Fsp3) is 0.899. The van der Waals surface area contributed by atoms with Crippen LogP contribution in [0.5, 0.6) is 0 Å². The molecule has 0 aliphatic rings. The lowest BCUT2D eigenvalue weighted by atomic mass is 10.0. The van der Waals surface area contributed by atoms with Crippen molar-refractivity contribution in [1.29, 1.82) is 0 Å². The molecule has 0 radical (unpaired) electrons. The minimum Gasteiger partial charge on any atom is -0.462 e. The Morgan fingerprint density at radius 1 is 0.316 bits per heavy atom. The van der Waals surface area contributed by atoms with E-state index in [9.17, 15) is 43.2 Å². The molecule has 578 valence electrons. The minimum absolute atomic E-state index is 0.0843. The Balaban J connectivity index is 5.28. The summed E-state index contributed by atoms with van der Waals surface area (Å²) in [5.74, 6) is -0.647. The summed E-state index contributed by atoms with van der Waals surface area (Å²) >= 11 is 0. The number of hydrogen-bond acceptors (Lipinski definition) is 15. The van der Waals surface area contributed by atoms with Crippen LogP contribution in [0.15, 0.2) is 24.3 Å². The lowest BCUT2D eigenvalue weighted by molar-refractivity contribution is -0.161. The van der Waals surface area contributed by atoms with Gasteiger partial charge in [-0.2, -0.15) is 0 Å². The van der Waals surface area contributed by atoms with Gasteiger partial charge in [0.15, 0.2) is 12.2 Å². The number of unbranched alkanes of at least 4 members (excludes halogenated alkanes) is 43. The molecule has 19 heteroatoms. The first-order valence-electron chi connectivity index (χ1n) is 40.3. The Morgan fingerprint density at radius 3 is 0.837 bits per heavy atom. The second-order valence-corrected chi connectivity index (χ2v) is 31.6. The number of ether oxygens (including phenoxy) is 4. The summed E-state index contributed by atoms with van der Waals surface area (Å²) in [6.07, 6.45) is 61.9. The van der Waals surface area contributed by atoms with Crippen molar-refractivity contribution in [3.05, 3.63) is 24.3 Å². The Hall–Kier alpha value is -2.46. The van der Waals surface area contributed by atoms with E-state index >= 15 is 0 Å². The highest BCUT2D eigenvalue weighted by Crippen LogP contribution is 2.45. The topological polar surface area (TPSA) is 237 Å². The first-order valence-corrected chi connectivity index (χ1v) is 43.3. The van der Waals surface area contributed by atoms with Crippen LogP contribution < -0.4 is 0 Å². The molecule has 0 aromatic heterocycles. The Labute approximate surface area is 599 Å². The first-order chi connectivity index (χ1) is 47.4. The van der Waals surface area contributed by atoms with E-state index in [-0.39, 0.29) is 25.7 Å². The molecule has 3 N–H and O–H groups in total. The van der Waals surface area contributed by atoms with Crippen LogP contribution in [-0.2, 0) is 65.4 Å². The van der Waals surface area contributed by atoms with E-state index in [0.29, 0.717) is 31.6 Å². The molecule has 0 aliphatic carbocycles. The lowest BCUT2D eigenvalue weighted by Crippen LogP contribution is -2.30. The average Bonchev–Trinajstić information content (AvgIpc) is 1.05. The molecule has 0 aliphatic heterocycles. The van der Waals surface area contributed by atoms with Crippen LogP contribution in [-0.4, -0.2) is 96.7 Å². The summed E-state index contributed by atoms with van der Waals surface area (Å²) in [4.78, 5) is 72.9. The quantitative estimate of drug-likeness (QED) is 0.0169. The predicted molar refractivity (Wildman–Crippen MR) is 400 cm³/mol. The molecule has 5 atom stereocenters. The number of esters is 4. The molecule has 0 bridgehead atoms. The normalized spacial score (nSPS) is 14.1. The van der Waals surface area contributed by atoms with E-state index in [1.54, 1.807) is 0 Å². The zero-order valence-electron chi connectivity index (χ0n) is 63.6. The highest BCUT2D eigenvalue weighted by atomic mass is 31.2. The average molecular weight is 1430 g/mol. The Bertz CT molecular complexity index is 1980. The highest BCUT2D eigenvalue weighted by Gasteiger charge is 2.30. The predicted octanol–water partition coefficient (Wildman–Crippen LogP) is 23.1. The summed E-state index contributed by atoms with van der Waals surface area (Å²) in [6.45, 7) is 9.52. The Morgan fingerprint density at radius 2 is 0.551 bits per heavy atom. The number of rotatable bonds is 76. The second-order valence-electron chi connectivity index (χ2n) is 28.7. The molecule has 0 rings (SSSR count). The largest absolute Gasteiger partial charge is 0.472 e. The third-order valence-electron chi connectivity index (χ3n) is 17.8. The van der Waals surface area contributed by atoms with Crippen molar-refractivity contribution in [3.8, 4) is 0 Å². The summed E-state index contributed by atoms with van der Waals surface area (Å²) < 4.78 is 68.6.